The molecule has 0 radical (unpaired) electrons. The molecule has 1 amide bonds. The number of nitrogens with one attached hydrogen (secondary N) is 2. The summed E-state index contributed by atoms with van der Waals surface area (Å²) in [5, 5.41) is 6.98. The molecule has 0 aliphatic rings. The Hall–Kier alpha value is -2.48. The Morgan fingerprint density at radius 1 is 1.14 bits per heavy atom. The number of hydrogen-bond acceptors (Lipinski definition) is 5. The standard InChI is InChI=1S/C20H20Cl2FN5O/c1-28(2)7-3-4-19(29)27-18-9-13-17(10-15(18)22)24-11-25-20(13)26-12-5-6-16(23)14(21)8-12/h5-6,8-11H,3-4,7H2,1-2H3,(H,27,29)(H,24,25,26). The molecular weight excluding hydrogens is 416 g/mol. The third kappa shape index (κ3) is 5.53. The summed E-state index contributed by atoms with van der Waals surface area (Å²) in [6.45, 7) is 0.820. The molecule has 152 valence electrons. The molecule has 0 bridgehead atoms. The van der Waals surface area contributed by atoms with Crippen molar-refractivity contribution in [2.24, 2.45) is 0 Å². The van der Waals surface area contributed by atoms with Crippen LogP contribution in [0.4, 0.5) is 21.6 Å². The quantitative estimate of drug-likeness (QED) is 0.540. The van der Waals surface area contributed by atoms with E-state index in [2.05, 4.69) is 20.6 Å². The molecule has 0 saturated heterocycles. The van der Waals surface area contributed by atoms with Crippen LogP contribution in [0.3, 0.4) is 0 Å². The van der Waals surface area contributed by atoms with E-state index in [9.17, 15) is 9.18 Å². The fourth-order valence-corrected chi connectivity index (χ4v) is 3.14. The van der Waals surface area contributed by atoms with Gasteiger partial charge in [0.1, 0.15) is 18.0 Å². The number of fused-ring (bicyclic) bond motifs is 1. The molecule has 0 fully saturated rings. The van der Waals surface area contributed by atoms with Crippen molar-refractivity contribution in [2.45, 2.75) is 12.8 Å². The molecule has 0 atom stereocenters. The van der Waals surface area contributed by atoms with E-state index in [0.29, 0.717) is 39.5 Å². The third-order valence-electron chi connectivity index (χ3n) is 4.19. The average Bonchev–Trinajstić information content (AvgIpc) is 2.65. The first kappa shape index (κ1) is 21.2. The topological polar surface area (TPSA) is 70.2 Å². The van der Waals surface area contributed by atoms with Crippen molar-refractivity contribution in [1.82, 2.24) is 14.9 Å². The van der Waals surface area contributed by atoms with E-state index in [1.807, 2.05) is 19.0 Å². The van der Waals surface area contributed by atoms with E-state index in [1.165, 1.54) is 18.5 Å². The van der Waals surface area contributed by atoms with Crippen LogP contribution < -0.4 is 10.6 Å². The maximum Gasteiger partial charge on any atom is 0.224 e. The number of amides is 1. The summed E-state index contributed by atoms with van der Waals surface area (Å²) < 4.78 is 13.4. The normalized spacial score (nSPS) is 11.1. The fourth-order valence-electron chi connectivity index (χ4n) is 2.75. The van der Waals surface area contributed by atoms with Gasteiger partial charge in [-0.25, -0.2) is 14.4 Å². The van der Waals surface area contributed by atoms with E-state index >= 15 is 0 Å². The smallest absolute Gasteiger partial charge is 0.224 e. The van der Waals surface area contributed by atoms with Crippen LogP contribution in [0.1, 0.15) is 12.8 Å². The summed E-state index contributed by atoms with van der Waals surface area (Å²) in [5.41, 5.74) is 1.65. The summed E-state index contributed by atoms with van der Waals surface area (Å²) in [5.74, 6) is -0.141. The van der Waals surface area contributed by atoms with E-state index < -0.39 is 5.82 Å². The lowest BCUT2D eigenvalue weighted by molar-refractivity contribution is -0.116. The summed E-state index contributed by atoms with van der Waals surface area (Å²) in [4.78, 5) is 22.7. The molecule has 1 aromatic heterocycles. The predicted molar refractivity (Wildman–Crippen MR) is 116 cm³/mol. The van der Waals surface area contributed by atoms with Crippen LogP contribution in [0, 0.1) is 5.82 Å². The van der Waals surface area contributed by atoms with Crippen molar-refractivity contribution in [3.8, 4) is 0 Å². The van der Waals surface area contributed by atoms with Gasteiger partial charge in [0.05, 0.1) is 21.2 Å². The van der Waals surface area contributed by atoms with Gasteiger partial charge in [0.2, 0.25) is 5.91 Å². The third-order valence-corrected chi connectivity index (χ3v) is 4.79. The first-order chi connectivity index (χ1) is 13.8. The van der Waals surface area contributed by atoms with Gasteiger partial charge in [-0.1, -0.05) is 23.2 Å². The Bertz CT molecular complexity index is 1040. The maximum atomic E-state index is 13.4. The maximum absolute atomic E-state index is 13.4. The van der Waals surface area contributed by atoms with E-state index in [4.69, 9.17) is 23.2 Å². The zero-order valence-electron chi connectivity index (χ0n) is 16.0. The molecule has 1 heterocycles. The molecule has 2 aromatic carbocycles. The highest BCUT2D eigenvalue weighted by molar-refractivity contribution is 6.34. The van der Waals surface area contributed by atoms with Crippen molar-refractivity contribution in [3.63, 3.8) is 0 Å². The minimum atomic E-state index is -0.504. The van der Waals surface area contributed by atoms with Crippen LogP contribution in [0.25, 0.3) is 10.9 Å². The Labute approximate surface area is 178 Å². The summed E-state index contributed by atoms with van der Waals surface area (Å²) in [6, 6.07) is 7.67. The van der Waals surface area contributed by atoms with E-state index in [0.717, 1.165) is 13.0 Å². The minimum Gasteiger partial charge on any atom is -0.340 e. The molecule has 0 unspecified atom stereocenters. The molecule has 6 nitrogen and oxygen atoms in total. The number of rotatable bonds is 7. The summed E-state index contributed by atoms with van der Waals surface area (Å²) in [6.07, 6.45) is 2.52. The number of benzene rings is 2. The first-order valence-electron chi connectivity index (χ1n) is 8.94. The molecule has 0 aliphatic heterocycles. The zero-order valence-corrected chi connectivity index (χ0v) is 17.5. The molecule has 3 aromatic rings. The van der Waals surface area contributed by atoms with Gasteiger partial charge in [-0.2, -0.15) is 0 Å². The predicted octanol–water partition coefficient (Wildman–Crippen LogP) is 5.10. The van der Waals surface area contributed by atoms with Crippen molar-refractivity contribution < 1.29 is 9.18 Å². The lowest BCUT2D eigenvalue weighted by atomic mass is 10.2. The number of aromatic nitrogens is 2. The SMILES string of the molecule is CN(C)CCCC(=O)Nc1cc2c(Nc3ccc(F)c(Cl)c3)ncnc2cc1Cl. The van der Waals surface area contributed by atoms with Crippen LogP contribution in [-0.2, 0) is 4.79 Å². The average molecular weight is 436 g/mol. The highest BCUT2D eigenvalue weighted by Crippen LogP contribution is 2.32. The van der Waals surface area contributed by atoms with Gasteiger partial charge in [-0.05, 0) is 57.4 Å². The number of halogens is 3. The minimum absolute atomic E-state index is 0.00193. The first-order valence-corrected chi connectivity index (χ1v) is 9.70. The highest BCUT2D eigenvalue weighted by Gasteiger charge is 2.12. The molecule has 9 heteroatoms. The van der Waals surface area contributed by atoms with Crippen molar-refractivity contribution in [1.29, 1.82) is 0 Å². The second kappa shape index (κ2) is 9.35. The molecule has 0 spiro atoms. The van der Waals surface area contributed by atoms with E-state index in [1.54, 1.807) is 18.2 Å². The Morgan fingerprint density at radius 2 is 1.93 bits per heavy atom. The molecule has 2 N–H and O–H groups in total. The lowest BCUT2D eigenvalue weighted by Crippen LogP contribution is -2.17. The number of carbonyl (C=O) groups excluding carboxylic acids is 1. The number of nitrogens with zero attached hydrogens (tertiary/aromatic N) is 3. The Kier molecular flexibility index (Phi) is 6.84. The van der Waals surface area contributed by atoms with Crippen LogP contribution in [0.2, 0.25) is 10.0 Å². The number of carbonyl (C=O) groups is 1. The fraction of sp³-hybridized carbons (Fsp3) is 0.250. The summed E-state index contributed by atoms with van der Waals surface area (Å²) >= 11 is 12.2. The summed E-state index contributed by atoms with van der Waals surface area (Å²) in [7, 11) is 3.92. The van der Waals surface area contributed by atoms with Crippen LogP contribution in [0.5, 0.6) is 0 Å². The second-order valence-electron chi connectivity index (χ2n) is 6.78. The second-order valence-corrected chi connectivity index (χ2v) is 7.59. The molecule has 3 rings (SSSR count). The van der Waals surface area contributed by atoms with Gasteiger partial charge in [0.15, 0.2) is 0 Å². The van der Waals surface area contributed by atoms with Gasteiger partial charge in [-0.3, -0.25) is 4.79 Å². The van der Waals surface area contributed by atoms with Crippen molar-refractivity contribution >= 4 is 57.2 Å². The monoisotopic (exact) mass is 435 g/mol. The molecule has 0 aliphatic carbocycles. The lowest BCUT2D eigenvalue weighted by Gasteiger charge is -2.13. The van der Waals surface area contributed by atoms with Gasteiger partial charge < -0.3 is 15.5 Å². The molecular formula is C20H20Cl2FN5O. The van der Waals surface area contributed by atoms with Gasteiger partial charge in [-0.15, -0.1) is 0 Å². The number of hydrogen-bond donors (Lipinski definition) is 2. The van der Waals surface area contributed by atoms with Crippen LogP contribution in [-0.4, -0.2) is 41.4 Å². The Morgan fingerprint density at radius 3 is 2.66 bits per heavy atom. The van der Waals surface area contributed by atoms with Crippen LogP contribution >= 0.6 is 23.2 Å². The van der Waals surface area contributed by atoms with Gasteiger partial charge >= 0.3 is 0 Å². The van der Waals surface area contributed by atoms with Crippen molar-refractivity contribution in [2.75, 3.05) is 31.3 Å². The van der Waals surface area contributed by atoms with Crippen molar-refractivity contribution in [3.05, 3.63) is 52.5 Å². The van der Waals surface area contributed by atoms with E-state index in [-0.39, 0.29) is 10.9 Å². The molecule has 29 heavy (non-hydrogen) atoms. The highest BCUT2D eigenvalue weighted by atomic mass is 35.5. The van der Waals surface area contributed by atoms with Gasteiger partial charge in [0.25, 0.3) is 0 Å². The number of anilines is 3. The van der Waals surface area contributed by atoms with Gasteiger partial charge in [0, 0.05) is 17.5 Å². The largest absolute Gasteiger partial charge is 0.340 e. The Balaban J connectivity index is 1.85. The molecule has 0 saturated carbocycles. The van der Waals surface area contributed by atoms with Crippen LogP contribution in [0.15, 0.2) is 36.7 Å². The zero-order chi connectivity index (χ0) is 21.0.